The summed E-state index contributed by atoms with van der Waals surface area (Å²) in [6, 6.07) is 0. The normalized spacial score (nSPS) is 10.6. The molecule has 8 heteroatoms. The van der Waals surface area contributed by atoms with E-state index in [2.05, 4.69) is 13.8 Å². The van der Waals surface area contributed by atoms with Crippen molar-refractivity contribution in [2.24, 2.45) is 5.92 Å². The molecule has 0 spiro atoms. The average molecular weight is 545 g/mol. The van der Waals surface area contributed by atoms with Crippen molar-refractivity contribution >= 4 is 23.9 Å². The number of carbonyl (C=O) groups is 4. The Hall–Kier alpha value is -2.12. The average Bonchev–Trinajstić information content (AvgIpc) is 2.85. The molecule has 38 heavy (non-hydrogen) atoms. The van der Waals surface area contributed by atoms with E-state index in [-0.39, 0.29) is 6.42 Å². The topological polar surface area (TPSA) is 138 Å². The Morgan fingerprint density at radius 2 is 0.868 bits per heavy atom. The maximum absolute atomic E-state index is 10.9. The highest BCUT2D eigenvalue weighted by Gasteiger charge is 2.24. The molecule has 0 aliphatic rings. The number of hydrogen-bond donors (Lipinski definition) is 3. The molecule has 0 aliphatic heterocycles. The van der Waals surface area contributed by atoms with E-state index < -0.39 is 36.2 Å². The zero-order valence-corrected chi connectivity index (χ0v) is 24.2. The van der Waals surface area contributed by atoms with Crippen molar-refractivity contribution in [2.75, 3.05) is 6.61 Å². The molecule has 0 heterocycles. The van der Waals surface area contributed by atoms with Crippen LogP contribution in [-0.2, 0) is 23.9 Å². The monoisotopic (exact) mass is 544 g/mol. The van der Waals surface area contributed by atoms with Gasteiger partial charge in [0, 0.05) is 0 Å². The molecule has 0 saturated carbocycles. The SMILES string of the molecule is CCCCCCCCCCCCC(C(=O)O)C(=O)O.CCCCCCCCCCCCOC(=O)CC(=O)O. The molecule has 224 valence electrons. The standard InChI is InChI=1S/2C15H28O4/c1-2-3-4-5-6-7-8-9-10-11-12-19-15(18)13-14(16)17;1-2-3-4-5-6-7-8-9-10-11-12-13(14(16)17)15(18)19/h2-13H2,1H3,(H,16,17);13H,2-12H2,1H3,(H,16,17)(H,18,19). The van der Waals surface area contributed by atoms with Crippen LogP contribution >= 0.6 is 0 Å². The lowest BCUT2D eigenvalue weighted by Crippen LogP contribution is -2.23. The zero-order chi connectivity index (χ0) is 28.9. The molecule has 3 N–H and O–H groups in total. The summed E-state index contributed by atoms with van der Waals surface area (Å²) < 4.78 is 4.81. The van der Waals surface area contributed by atoms with E-state index in [0.29, 0.717) is 13.0 Å². The highest BCUT2D eigenvalue weighted by molar-refractivity contribution is 5.92. The van der Waals surface area contributed by atoms with Crippen molar-refractivity contribution in [1.29, 1.82) is 0 Å². The molecule has 0 bridgehead atoms. The molecule has 8 nitrogen and oxygen atoms in total. The van der Waals surface area contributed by atoms with Gasteiger partial charge in [-0.15, -0.1) is 0 Å². The van der Waals surface area contributed by atoms with Crippen LogP contribution in [0.1, 0.15) is 155 Å². The Morgan fingerprint density at radius 3 is 1.21 bits per heavy atom. The first kappa shape index (κ1) is 38.0. The molecule has 0 amide bonds. The van der Waals surface area contributed by atoms with Crippen molar-refractivity contribution in [3.05, 3.63) is 0 Å². The Kier molecular flexibility index (Phi) is 29.5. The van der Waals surface area contributed by atoms with E-state index in [0.717, 1.165) is 25.7 Å². The summed E-state index contributed by atoms with van der Waals surface area (Å²) in [5, 5.41) is 25.8. The smallest absolute Gasteiger partial charge is 0.317 e. The summed E-state index contributed by atoms with van der Waals surface area (Å²) in [5.41, 5.74) is 0. The van der Waals surface area contributed by atoms with Crippen LogP contribution in [0, 0.1) is 5.92 Å². The predicted octanol–water partition coefficient (Wildman–Crippen LogP) is 8.01. The molecule has 0 aromatic carbocycles. The van der Waals surface area contributed by atoms with Crippen LogP contribution in [0.5, 0.6) is 0 Å². The first-order chi connectivity index (χ1) is 18.3. The fraction of sp³-hybridized carbons (Fsp3) is 0.867. The van der Waals surface area contributed by atoms with Gasteiger partial charge in [-0.2, -0.15) is 0 Å². The number of carboxylic acids is 3. The van der Waals surface area contributed by atoms with Crippen LogP contribution in [0.2, 0.25) is 0 Å². The molecule has 0 atom stereocenters. The fourth-order valence-electron chi connectivity index (χ4n) is 4.14. The second kappa shape index (κ2) is 29.4. The molecule has 0 rings (SSSR count). The minimum atomic E-state index is -1.23. The van der Waals surface area contributed by atoms with Crippen molar-refractivity contribution in [3.8, 4) is 0 Å². The molecule has 0 aromatic heterocycles. The van der Waals surface area contributed by atoms with E-state index in [9.17, 15) is 19.2 Å². The zero-order valence-electron chi connectivity index (χ0n) is 24.2. The summed E-state index contributed by atoms with van der Waals surface area (Å²) in [5.74, 6) is -5.43. The van der Waals surface area contributed by atoms with Gasteiger partial charge >= 0.3 is 23.9 Å². The lowest BCUT2D eigenvalue weighted by molar-refractivity contribution is -0.155. The summed E-state index contributed by atoms with van der Waals surface area (Å²) in [6.45, 7) is 4.79. The number of unbranched alkanes of at least 4 members (excludes halogenated alkanes) is 18. The van der Waals surface area contributed by atoms with Crippen LogP contribution in [-0.4, -0.2) is 45.8 Å². The minimum absolute atomic E-state index is 0.251. The number of ether oxygens (including phenoxy) is 1. The van der Waals surface area contributed by atoms with E-state index in [1.807, 2.05) is 0 Å². The van der Waals surface area contributed by atoms with Crippen LogP contribution in [0.4, 0.5) is 0 Å². The maximum Gasteiger partial charge on any atom is 0.317 e. The molecule has 0 aromatic rings. The van der Waals surface area contributed by atoms with Crippen LogP contribution < -0.4 is 0 Å². The van der Waals surface area contributed by atoms with Gasteiger partial charge in [-0.3, -0.25) is 19.2 Å². The van der Waals surface area contributed by atoms with E-state index in [1.54, 1.807) is 0 Å². The third-order valence-electron chi connectivity index (χ3n) is 6.50. The number of carbonyl (C=O) groups excluding carboxylic acids is 1. The van der Waals surface area contributed by atoms with Crippen molar-refractivity contribution in [1.82, 2.24) is 0 Å². The van der Waals surface area contributed by atoms with Gasteiger partial charge in [0.15, 0.2) is 5.92 Å². The minimum Gasteiger partial charge on any atom is -0.481 e. The highest BCUT2D eigenvalue weighted by Crippen LogP contribution is 2.14. The molecule has 0 fully saturated rings. The number of hydrogen-bond acceptors (Lipinski definition) is 5. The van der Waals surface area contributed by atoms with Gasteiger partial charge < -0.3 is 20.1 Å². The Balaban J connectivity index is 0. The summed E-state index contributed by atoms with van der Waals surface area (Å²) >= 11 is 0. The lowest BCUT2D eigenvalue weighted by Gasteiger charge is -2.06. The lowest BCUT2D eigenvalue weighted by atomic mass is 10.00. The molecule has 0 unspecified atom stereocenters. The number of carboxylic acid groups (broad SMARTS) is 3. The van der Waals surface area contributed by atoms with Crippen LogP contribution in [0.25, 0.3) is 0 Å². The van der Waals surface area contributed by atoms with Crippen LogP contribution in [0.15, 0.2) is 0 Å². The largest absolute Gasteiger partial charge is 0.481 e. The molecular formula is C30H56O8. The van der Waals surface area contributed by atoms with Gasteiger partial charge in [0.2, 0.25) is 0 Å². The second-order valence-electron chi connectivity index (χ2n) is 10.2. The van der Waals surface area contributed by atoms with Crippen molar-refractivity contribution < 1.29 is 39.2 Å². The summed E-state index contributed by atoms with van der Waals surface area (Å²) in [4.78, 5) is 42.4. The first-order valence-electron chi connectivity index (χ1n) is 15.1. The van der Waals surface area contributed by atoms with Gasteiger partial charge in [-0.1, -0.05) is 136 Å². The third kappa shape index (κ3) is 30.1. The highest BCUT2D eigenvalue weighted by atomic mass is 16.5. The number of aliphatic carboxylic acids is 3. The molecule has 0 aliphatic carbocycles. The quantitative estimate of drug-likeness (QED) is 0.0565. The Labute approximate surface area is 230 Å². The van der Waals surface area contributed by atoms with Gasteiger partial charge in [0.25, 0.3) is 0 Å². The Morgan fingerprint density at radius 1 is 0.526 bits per heavy atom. The van der Waals surface area contributed by atoms with Gasteiger partial charge in [-0.25, -0.2) is 0 Å². The summed E-state index contributed by atoms with van der Waals surface area (Å²) in [6.07, 6.45) is 23.6. The predicted molar refractivity (Wildman–Crippen MR) is 150 cm³/mol. The van der Waals surface area contributed by atoms with E-state index >= 15 is 0 Å². The maximum atomic E-state index is 10.9. The van der Waals surface area contributed by atoms with E-state index in [1.165, 1.54) is 96.3 Å². The Bertz CT molecular complexity index is 574. The fourth-order valence-corrected chi connectivity index (χ4v) is 4.14. The third-order valence-corrected chi connectivity index (χ3v) is 6.50. The molecule has 0 radical (unpaired) electrons. The molecule has 0 saturated heterocycles. The van der Waals surface area contributed by atoms with Crippen molar-refractivity contribution in [2.45, 2.75) is 155 Å². The second-order valence-corrected chi connectivity index (χ2v) is 10.2. The number of esters is 1. The van der Waals surface area contributed by atoms with E-state index in [4.69, 9.17) is 20.1 Å². The van der Waals surface area contributed by atoms with Crippen molar-refractivity contribution in [3.63, 3.8) is 0 Å². The van der Waals surface area contributed by atoms with Gasteiger partial charge in [0.1, 0.15) is 6.42 Å². The molecular weight excluding hydrogens is 488 g/mol. The first-order valence-corrected chi connectivity index (χ1v) is 15.1. The summed E-state index contributed by atoms with van der Waals surface area (Å²) in [7, 11) is 0. The van der Waals surface area contributed by atoms with Gasteiger partial charge in [0.05, 0.1) is 6.61 Å². The van der Waals surface area contributed by atoms with Gasteiger partial charge in [-0.05, 0) is 12.8 Å². The number of rotatable bonds is 26. The van der Waals surface area contributed by atoms with Crippen LogP contribution in [0.3, 0.4) is 0 Å².